The Morgan fingerprint density at radius 2 is 2.44 bits per heavy atom. The highest BCUT2D eigenvalue weighted by atomic mass is 32.2. The highest BCUT2D eigenvalue weighted by Gasteiger charge is 2.33. The molecule has 3 nitrogen and oxygen atoms in total. The molecule has 1 aliphatic carbocycles. The fraction of sp³-hybridized carbons (Fsp3) is 0.583. The Balaban J connectivity index is 1.92. The van der Waals surface area contributed by atoms with Crippen LogP contribution in [0.25, 0.3) is 0 Å². The van der Waals surface area contributed by atoms with Gasteiger partial charge >= 0.3 is 0 Å². The molecule has 2 unspecified atom stereocenters. The zero-order valence-electron chi connectivity index (χ0n) is 9.44. The summed E-state index contributed by atoms with van der Waals surface area (Å²) in [5.74, 6) is 0.985. The Hall–Kier alpha value is -0.740. The Kier molecular flexibility index (Phi) is 4.07. The van der Waals surface area contributed by atoms with Gasteiger partial charge < -0.3 is 10.1 Å². The van der Waals surface area contributed by atoms with E-state index >= 15 is 0 Å². The van der Waals surface area contributed by atoms with Crippen LogP contribution in [-0.2, 0) is 9.53 Å². The maximum Gasteiger partial charge on any atom is 0.251 e. The minimum atomic E-state index is -0.270. The number of hydrogen-bond acceptors (Lipinski definition) is 3. The molecule has 0 saturated carbocycles. The van der Waals surface area contributed by atoms with Gasteiger partial charge in [-0.2, -0.15) is 11.8 Å². The van der Waals surface area contributed by atoms with Gasteiger partial charge in [-0.25, -0.2) is 0 Å². The third-order valence-electron chi connectivity index (χ3n) is 2.78. The van der Waals surface area contributed by atoms with Gasteiger partial charge in [0.2, 0.25) is 0 Å². The van der Waals surface area contributed by atoms with Crippen LogP contribution in [0.3, 0.4) is 0 Å². The molecule has 2 aliphatic rings. The van der Waals surface area contributed by atoms with Gasteiger partial charge in [0.05, 0.1) is 0 Å². The van der Waals surface area contributed by atoms with Crippen LogP contribution in [0.2, 0.25) is 0 Å². The van der Waals surface area contributed by atoms with Crippen molar-refractivity contribution in [1.29, 1.82) is 0 Å². The quantitative estimate of drug-likeness (QED) is 0.813. The molecule has 2 rings (SSSR count). The Bertz CT molecular complexity index is 325. The van der Waals surface area contributed by atoms with E-state index in [2.05, 4.69) is 17.5 Å². The van der Waals surface area contributed by atoms with Crippen LogP contribution in [0.15, 0.2) is 23.8 Å². The van der Waals surface area contributed by atoms with Gasteiger partial charge in [-0.3, -0.25) is 4.79 Å². The average Bonchev–Trinajstić information content (AvgIpc) is 2.69. The summed E-state index contributed by atoms with van der Waals surface area (Å²) in [4.78, 5) is 11.6. The third kappa shape index (κ3) is 2.68. The first-order valence-electron chi connectivity index (χ1n) is 5.62. The van der Waals surface area contributed by atoms with Crippen molar-refractivity contribution in [3.05, 3.63) is 23.8 Å². The van der Waals surface area contributed by atoms with Crippen LogP contribution in [0.4, 0.5) is 0 Å². The summed E-state index contributed by atoms with van der Waals surface area (Å²) in [5.41, 5.74) is 1.09. The maximum atomic E-state index is 11.6. The highest BCUT2D eigenvalue weighted by Crippen LogP contribution is 2.21. The van der Waals surface area contributed by atoms with E-state index in [0.717, 1.165) is 30.6 Å². The summed E-state index contributed by atoms with van der Waals surface area (Å²) in [5, 5.41) is 2.89. The third-order valence-corrected chi connectivity index (χ3v) is 3.42. The van der Waals surface area contributed by atoms with E-state index in [1.54, 1.807) is 11.8 Å². The molecule has 0 aromatic carbocycles. The van der Waals surface area contributed by atoms with E-state index in [1.807, 2.05) is 12.3 Å². The molecule has 1 N–H and O–H groups in total. The fourth-order valence-electron chi connectivity index (χ4n) is 1.90. The van der Waals surface area contributed by atoms with Crippen LogP contribution in [0.1, 0.15) is 19.3 Å². The molecule has 0 aromatic heterocycles. The van der Waals surface area contributed by atoms with Gasteiger partial charge in [0.15, 0.2) is 6.23 Å². The topological polar surface area (TPSA) is 38.3 Å². The Morgan fingerprint density at radius 1 is 1.56 bits per heavy atom. The standard InChI is InChI=1S/C12H17NO2S/c1-16-8-7-10-11(14)13-12(15-10)9-5-3-2-4-6-9/h3,5-6,10,12H,2,4,7-8H2,1H3,(H,13,14). The lowest BCUT2D eigenvalue weighted by Gasteiger charge is -2.14. The van der Waals surface area contributed by atoms with Crippen molar-refractivity contribution in [3.8, 4) is 0 Å². The second kappa shape index (κ2) is 5.55. The summed E-state index contributed by atoms with van der Waals surface area (Å²) in [6.45, 7) is 0. The second-order valence-electron chi connectivity index (χ2n) is 3.98. The minimum Gasteiger partial charge on any atom is -0.341 e. The summed E-state index contributed by atoms with van der Waals surface area (Å²) in [6.07, 6.45) is 10.8. The number of amides is 1. The van der Waals surface area contributed by atoms with Gasteiger partial charge in [-0.1, -0.05) is 18.2 Å². The van der Waals surface area contributed by atoms with Crippen molar-refractivity contribution in [2.45, 2.75) is 31.6 Å². The predicted molar refractivity (Wildman–Crippen MR) is 66.3 cm³/mol. The van der Waals surface area contributed by atoms with Crippen molar-refractivity contribution < 1.29 is 9.53 Å². The minimum absolute atomic E-state index is 0.0268. The molecular formula is C12H17NO2S. The molecule has 0 radical (unpaired) electrons. The van der Waals surface area contributed by atoms with Crippen molar-refractivity contribution in [2.24, 2.45) is 0 Å². The number of carbonyl (C=O) groups excluding carboxylic acids is 1. The van der Waals surface area contributed by atoms with Crippen LogP contribution in [-0.4, -0.2) is 30.2 Å². The first-order chi connectivity index (χ1) is 7.81. The zero-order chi connectivity index (χ0) is 11.4. The number of carbonyl (C=O) groups is 1. The lowest BCUT2D eigenvalue weighted by molar-refractivity contribution is -0.123. The lowest BCUT2D eigenvalue weighted by atomic mass is 10.1. The van der Waals surface area contributed by atoms with Crippen molar-refractivity contribution in [1.82, 2.24) is 5.32 Å². The van der Waals surface area contributed by atoms with Crippen molar-refractivity contribution >= 4 is 17.7 Å². The molecule has 1 amide bonds. The molecule has 16 heavy (non-hydrogen) atoms. The average molecular weight is 239 g/mol. The molecule has 0 spiro atoms. The normalized spacial score (nSPS) is 29.1. The summed E-state index contributed by atoms with van der Waals surface area (Å²) < 4.78 is 5.72. The van der Waals surface area contributed by atoms with E-state index < -0.39 is 0 Å². The molecule has 0 aromatic rings. The second-order valence-corrected chi connectivity index (χ2v) is 4.96. The van der Waals surface area contributed by atoms with Crippen LogP contribution < -0.4 is 5.32 Å². The van der Waals surface area contributed by atoms with Crippen molar-refractivity contribution in [2.75, 3.05) is 12.0 Å². The molecule has 1 saturated heterocycles. The summed E-state index contributed by atoms with van der Waals surface area (Å²) in [6, 6.07) is 0. The van der Waals surface area contributed by atoms with Gasteiger partial charge in [0.1, 0.15) is 6.10 Å². The Labute approximate surface area is 100 Å². The molecule has 88 valence electrons. The smallest absolute Gasteiger partial charge is 0.251 e. The number of thioether (sulfide) groups is 1. The Morgan fingerprint density at radius 3 is 3.12 bits per heavy atom. The number of hydrogen-bond donors (Lipinski definition) is 1. The highest BCUT2D eigenvalue weighted by molar-refractivity contribution is 7.98. The van der Waals surface area contributed by atoms with Crippen LogP contribution >= 0.6 is 11.8 Å². The monoisotopic (exact) mass is 239 g/mol. The maximum absolute atomic E-state index is 11.6. The van der Waals surface area contributed by atoms with Crippen molar-refractivity contribution in [3.63, 3.8) is 0 Å². The van der Waals surface area contributed by atoms with E-state index in [1.165, 1.54) is 0 Å². The molecule has 0 bridgehead atoms. The number of rotatable bonds is 4. The van der Waals surface area contributed by atoms with E-state index in [0.29, 0.717) is 0 Å². The molecular weight excluding hydrogens is 222 g/mol. The number of ether oxygens (including phenoxy) is 1. The van der Waals surface area contributed by atoms with Gasteiger partial charge in [0, 0.05) is 0 Å². The van der Waals surface area contributed by atoms with E-state index in [4.69, 9.17) is 4.74 Å². The zero-order valence-corrected chi connectivity index (χ0v) is 10.3. The molecule has 4 heteroatoms. The van der Waals surface area contributed by atoms with Crippen LogP contribution in [0, 0.1) is 0 Å². The van der Waals surface area contributed by atoms with E-state index in [-0.39, 0.29) is 18.2 Å². The lowest BCUT2D eigenvalue weighted by Crippen LogP contribution is -2.29. The first kappa shape index (κ1) is 11.7. The molecule has 1 fully saturated rings. The van der Waals surface area contributed by atoms with Crippen LogP contribution in [0.5, 0.6) is 0 Å². The van der Waals surface area contributed by atoms with Gasteiger partial charge in [0.25, 0.3) is 5.91 Å². The molecule has 1 heterocycles. The molecule has 2 atom stereocenters. The largest absolute Gasteiger partial charge is 0.341 e. The fourth-order valence-corrected chi connectivity index (χ4v) is 2.35. The number of nitrogens with one attached hydrogen (secondary N) is 1. The summed E-state index contributed by atoms with van der Waals surface area (Å²) in [7, 11) is 0. The predicted octanol–water partition coefficient (Wildman–Crippen LogP) is 1.86. The summed E-state index contributed by atoms with van der Waals surface area (Å²) >= 11 is 1.74. The number of allylic oxidation sites excluding steroid dienone is 2. The van der Waals surface area contributed by atoms with Gasteiger partial charge in [-0.15, -0.1) is 0 Å². The first-order valence-corrected chi connectivity index (χ1v) is 7.02. The SMILES string of the molecule is CSCCC1OC(C2=CCCC=C2)NC1=O. The molecule has 1 aliphatic heterocycles. The van der Waals surface area contributed by atoms with E-state index in [9.17, 15) is 4.79 Å². The van der Waals surface area contributed by atoms with Gasteiger partial charge in [-0.05, 0) is 36.8 Å².